The van der Waals surface area contributed by atoms with E-state index in [0.29, 0.717) is 12.1 Å². The average Bonchev–Trinajstić information content (AvgIpc) is 3.31. The summed E-state index contributed by atoms with van der Waals surface area (Å²) in [5, 5.41) is 3.86. The number of carbonyl (C=O) groups is 1. The summed E-state index contributed by atoms with van der Waals surface area (Å²) in [6.45, 7) is 15.1. The minimum atomic E-state index is -0.314. The molecule has 1 N–H and O–H groups in total. The second-order valence-electron chi connectivity index (χ2n) is 12.1. The third kappa shape index (κ3) is 7.34. The van der Waals surface area contributed by atoms with Gasteiger partial charge < -0.3 is 14.6 Å². The Morgan fingerprint density at radius 3 is 2.27 bits per heavy atom. The molecule has 0 bridgehead atoms. The lowest BCUT2D eigenvalue weighted by atomic mass is 9.83. The van der Waals surface area contributed by atoms with Gasteiger partial charge in [-0.25, -0.2) is 9.78 Å². The molecule has 1 heterocycles. The van der Waals surface area contributed by atoms with Gasteiger partial charge >= 0.3 is 5.97 Å². The number of hydrogen-bond donors (Lipinski definition) is 1. The first-order chi connectivity index (χ1) is 19.6. The Hall–Kier alpha value is -3.70. The number of esters is 1. The van der Waals surface area contributed by atoms with Gasteiger partial charge in [0.1, 0.15) is 5.82 Å². The molecule has 4 aromatic rings. The second-order valence-corrected chi connectivity index (χ2v) is 12.1. The van der Waals surface area contributed by atoms with Crippen molar-refractivity contribution in [2.24, 2.45) is 5.41 Å². The van der Waals surface area contributed by atoms with Crippen LogP contribution in [0, 0.1) is 19.3 Å². The van der Waals surface area contributed by atoms with E-state index in [9.17, 15) is 4.79 Å². The summed E-state index contributed by atoms with van der Waals surface area (Å²) >= 11 is 0. The Kier molecular flexibility index (Phi) is 9.82. The van der Waals surface area contributed by atoms with E-state index in [2.05, 4.69) is 100.0 Å². The Labute approximate surface area is 246 Å². The number of nitrogens with one attached hydrogen (secondary N) is 1. The Balaban J connectivity index is 1.76. The fourth-order valence-electron chi connectivity index (χ4n) is 5.22. The third-order valence-corrected chi connectivity index (χ3v) is 7.89. The molecule has 5 heteroatoms. The van der Waals surface area contributed by atoms with Crippen molar-refractivity contribution in [3.05, 3.63) is 101 Å². The molecule has 1 atom stereocenters. The van der Waals surface area contributed by atoms with Gasteiger partial charge in [0.2, 0.25) is 0 Å². The Bertz CT molecular complexity index is 1440. The van der Waals surface area contributed by atoms with Gasteiger partial charge in [-0.1, -0.05) is 100 Å². The molecule has 0 spiro atoms. The molecule has 1 aromatic heterocycles. The van der Waals surface area contributed by atoms with Crippen molar-refractivity contribution < 1.29 is 9.53 Å². The predicted molar refractivity (Wildman–Crippen MR) is 169 cm³/mol. The van der Waals surface area contributed by atoms with Gasteiger partial charge in [-0.2, -0.15) is 0 Å². The molecule has 216 valence electrons. The zero-order valence-electron chi connectivity index (χ0n) is 25.8. The molecule has 4 rings (SSSR count). The van der Waals surface area contributed by atoms with Crippen LogP contribution < -0.4 is 5.32 Å². The Morgan fingerprint density at radius 2 is 1.66 bits per heavy atom. The molecule has 41 heavy (non-hydrogen) atoms. The lowest BCUT2D eigenvalue weighted by molar-refractivity contribution is 0.0600. The average molecular weight is 552 g/mol. The highest BCUT2D eigenvalue weighted by molar-refractivity contribution is 5.89. The lowest BCUT2D eigenvalue weighted by Gasteiger charge is -2.32. The molecular weight excluding hydrogens is 506 g/mol. The number of ether oxygens (including phenoxy) is 1. The van der Waals surface area contributed by atoms with Crippen molar-refractivity contribution in [3.63, 3.8) is 0 Å². The maximum absolute atomic E-state index is 11.9. The highest BCUT2D eigenvalue weighted by Crippen LogP contribution is 2.34. The molecule has 5 nitrogen and oxygen atoms in total. The number of nitrogens with zero attached hydrogens (tertiary/aromatic N) is 2. The number of aryl methyl sites for hydroxylation is 2. The van der Waals surface area contributed by atoms with Crippen LogP contribution in [0.2, 0.25) is 0 Å². The minimum absolute atomic E-state index is 0.000807. The van der Waals surface area contributed by atoms with E-state index in [-0.39, 0.29) is 17.4 Å². The summed E-state index contributed by atoms with van der Waals surface area (Å²) in [7, 11) is 1.41. The van der Waals surface area contributed by atoms with Crippen LogP contribution in [0.5, 0.6) is 0 Å². The number of aromatic nitrogens is 2. The predicted octanol–water partition coefficient (Wildman–Crippen LogP) is 8.17. The molecule has 0 aliphatic rings. The minimum Gasteiger partial charge on any atom is -0.465 e. The van der Waals surface area contributed by atoms with Crippen molar-refractivity contribution in [2.75, 3.05) is 7.11 Å². The van der Waals surface area contributed by atoms with E-state index in [0.717, 1.165) is 48.5 Å². The summed E-state index contributed by atoms with van der Waals surface area (Å²) in [5.41, 5.74) is 8.85. The molecule has 3 aromatic carbocycles. The summed E-state index contributed by atoms with van der Waals surface area (Å²) < 4.78 is 7.34. The monoisotopic (exact) mass is 551 g/mol. The van der Waals surface area contributed by atoms with Crippen LogP contribution in [-0.4, -0.2) is 28.7 Å². The number of carbonyl (C=O) groups excluding carboxylic acids is 1. The first kappa shape index (κ1) is 30.3. The molecule has 0 aliphatic heterocycles. The van der Waals surface area contributed by atoms with E-state index in [4.69, 9.17) is 9.72 Å². The van der Waals surface area contributed by atoms with Gasteiger partial charge in [0, 0.05) is 42.4 Å². The number of imidazole rings is 1. The maximum Gasteiger partial charge on any atom is 0.337 e. The van der Waals surface area contributed by atoms with Crippen LogP contribution in [0.1, 0.15) is 73.3 Å². The van der Waals surface area contributed by atoms with E-state index >= 15 is 0 Å². The number of rotatable bonds is 11. The quantitative estimate of drug-likeness (QED) is 0.191. The topological polar surface area (TPSA) is 56.2 Å². The zero-order chi connectivity index (χ0) is 29.6. The SMILES string of the molecule is CCCCn1c(-c2ccccc2C)nc(-c2ccc(C)cc2)c1CC(NCc1ccc(C(=O)OC)cc1)C(C)(C)C. The molecule has 0 amide bonds. The highest BCUT2D eigenvalue weighted by atomic mass is 16.5. The maximum atomic E-state index is 11.9. The molecular formula is C36H45N3O2. The Morgan fingerprint density at radius 1 is 0.976 bits per heavy atom. The van der Waals surface area contributed by atoms with Crippen LogP contribution >= 0.6 is 0 Å². The summed E-state index contributed by atoms with van der Waals surface area (Å²) in [6.07, 6.45) is 3.05. The standard InChI is InChI=1S/C36H45N3O2/c1-8-9-22-39-31(23-32(36(4,5)6)37-24-27-16-20-29(21-17-27)35(40)41-7)33(28-18-14-25(2)15-19-28)38-34(39)30-13-11-10-12-26(30)3/h10-21,32,37H,8-9,22-24H2,1-7H3. The summed E-state index contributed by atoms with van der Waals surface area (Å²) in [6, 6.07) is 25.2. The number of hydrogen-bond acceptors (Lipinski definition) is 4. The van der Waals surface area contributed by atoms with E-state index in [1.54, 1.807) is 0 Å². The zero-order valence-corrected chi connectivity index (χ0v) is 25.8. The van der Waals surface area contributed by atoms with Gasteiger partial charge in [0.15, 0.2) is 0 Å². The lowest BCUT2D eigenvalue weighted by Crippen LogP contribution is -2.42. The van der Waals surface area contributed by atoms with Crippen molar-refractivity contribution in [3.8, 4) is 22.6 Å². The van der Waals surface area contributed by atoms with Gasteiger partial charge in [-0.05, 0) is 48.9 Å². The molecule has 0 saturated carbocycles. The molecule has 0 radical (unpaired) electrons. The fraction of sp³-hybridized carbons (Fsp3) is 0.389. The van der Waals surface area contributed by atoms with Crippen molar-refractivity contribution in [1.82, 2.24) is 14.9 Å². The van der Waals surface area contributed by atoms with Crippen LogP contribution in [-0.2, 0) is 24.2 Å². The first-order valence-corrected chi connectivity index (χ1v) is 14.8. The second kappa shape index (κ2) is 13.3. The number of benzene rings is 3. The van der Waals surface area contributed by atoms with Gasteiger partial charge in [-0.15, -0.1) is 0 Å². The largest absolute Gasteiger partial charge is 0.465 e. The van der Waals surface area contributed by atoms with Gasteiger partial charge in [0.05, 0.1) is 18.4 Å². The highest BCUT2D eigenvalue weighted by Gasteiger charge is 2.29. The molecule has 0 fully saturated rings. The number of methoxy groups -OCH3 is 1. The third-order valence-electron chi connectivity index (χ3n) is 7.89. The van der Waals surface area contributed by atoms with Crippen molar-refractivity contribution in [2.45, 2.75) is 79.9 Å². The number of unbranched alkanes of at least 4 members (excludes halogenated alkanes) is 1. The van der Waals surface area contributed by atoms with Crippen LogP contribution in [0.4, 0.5) is 0 Å². The molecule has 0 saturated heterocycles. The smallest absolute Gasteiger partial charge is 0.337 e. The fourth-order valence-corrected chi connectivity index (χ4v) is 5.22. The van der Waals surface area contributed by atoms with E-state index < -0.39 is 0 Å². The molecule has 0 aliphatic carbocycles. The van der Waals surface area contributed by atoms with E-state index in [1.807, 2.05) is 24.3 Å². The van der Waals surface area contributed by atoms with E-state index in [1.165, 1.54) is 29.5 Å². The van der Waals surface area contributed by atoms with Crippen LogP contribution in [0.15, 0.2) is 72.8 Å². The summed E-state index contributed by atoms with van der Waals surface area (Å²) in [5.74, 6) is 0.735. The van der Waals surface area contributed by atoms with Crippen molar-refractivity contribution >= 4 is 5.97 Å². The van der Waals surface area contributed by atoms with Gasteiger partial charge in [0.25, 0.3) is 0 Å². The van der Waals surface area contributed by atoms with Crippen molar-refractivity contribution in [1.29, 1.82) is 0 Å². The van der Waals surface area contributed by atoms with Gasteiger partial charge in [-0.3, -0.25) is 0 Å². The normalized spacial score (nSPS) is 12.4. The molecule has 1 unspecified atom stereocenters. The van der Waals surface area contributed by atoms with Crippen LogP contribution in [0.3, 0.4) is 0 Å². The first-order valence-electron chi connectivity index (χ1n) is 14.8. The van der Waals surface area contributed by atoms with Crippen LogP contribution in [0.25, 0.3) is 22.6 Å². The summed E-state index contributed by atoms with van der Waals surface area (Å²) in [4.78, 5) is 17.3.